The van der Waals surface area contributed by atoms with Crippen LogP contribution < -0.4 is 0 Å². The minimum Gasteiger partial charge on any atom is -0.478 e. The zero-order chi connectivity index (χ0) is 11.4. The van der Waals surface area contributed by atoms with Crippen LogP contribution in [0.15, 0.2) is 10.6 Å². The van der Waals surface area contributed by atoms with Crippen molar-refractivity contribution in [1.82, 2.24) is 0 Å². The first kappa shape index (κ1) is 14.4. The van der Waals surface area contributed by atoms with Gasteiger partial charge in [-0.05, 0) is 12.8 Å². The Labute approximate surface area is 103 Å². The second-order valence-corrected chi connectivity index (χ2v) is 5.36. The summed E-state index contributed by atoms with van der Waals surface area (Å²) in [6.45, 7) is 1.93. The van der Waals surface area contributed by atoms with Gasteiger partial charge in [-0.25, -0.2) is 4.79 Å². The molecule has 0 aliphatic carbocycles. The number of alkyl halides is 3. The highest BCUT2D eigenvalue weighted by atomic mass is 35.6. The first-order chi connectivity index (χ1) is 6.30. The maximum atomic E-state index is 10.8. The summed E-state index contributed by atoms with van der Waals surface area (Å²) >= 11 is 22.1. The van der Waals surface area contributed by atoms with Crippen LogP contribution in [0.5, 0.6) is 0 Å². The standard InChI is InChI=1S/C8H10Cl4O2/c1-2-3-4-5(7(13)14)6(9)8(10,11)12/h2-4H2,1H3,(H,13,14). The van der Waals surface area contributed by atoms with Gasteiger partial charge < -0.3 is 5.11 Å². The summed E-state index contributed by atoms with van der Waals surface area (Å²) in [6, 6.07) is 0. The number of aliphatic carboxylic acids is 1. The van der Waals surface area contributed by atoms with E-state index >= 15 is 0 Å². The summed E-state index contributed by atoms with van der Waals surface area (Å²) in [5, 5.41) is 8.58. The van der Waals surface area contributed by atoms with E-state index < -0.39 is 9.76 Å². The third-order valence-corrected chi connectivity index (χ3v) is 2.92. The molecular weight excluding hydrogens is 270 g/mol. The highest BCUT2D eigenvalue weighted by Gasteiger charge is 2.29. The van der Waals surface area contributed by atoms with Gasteiger partial charge in [0.25, 0.3) is 0 Å². The number of hydrogen-bond acceptors (Lipinski definition) is 1. The first-order valence-corrected chi connectivity index (χ1v) is 5.51. The molecule has 0 saturated heterocycles. The fraction of sp³-hybridized carbons (Fsp3) is 0.625. The topological polar surface area (TPSA) is 37.3 Å². The van der Waals surface area contributed by atoms with Crippen LogP contribution in [0.4, 0.5) is 0 Å². The number of carbonyl (C=O) groups is 1. The fourth-order valence-corrected chi connectivity index (χ4v) is 1.35. The van der Waals surface area contributed by atoms with Gasteiger partial charge in [0, 0.05) is 0 Å². The minimum atomic E-state index is -1.86. The molecule has 0 spiro atoms. The zero-order valence-corrected chi connectivity index (χ0v) is 10.5. The summed E-state index contributed by atoms with van der Waals surface area (Å²) < 4.78 is -1.86. The number of allylic oxidation sites excluding steroid dienone is 1. The van der Waals surface area contributed by atoms with Crippen LogP contribution >= 0.6 is 46.4 Å². The average Bonchev–Trinajstić information content (AvgIpc) is 2.02. The Bertz CT molecular complexity index is 242. The predicted molar refractivity (Wildman–Crippen MR) is 60.3 cm³/mol. The molecule has 14 heavy (non-hydrogen) atoms. The fourth-order valence-electron chi connectivity index (χ4n) is 0.835. The minimum absolute atomic E-state index is 0.0338. The van der Waals surface area contributed by atoms with E-state index in [1.54, 1.807) is 0 Å². The molecule has 0 aromatic carbocycles. The van der Waals surface area contributed by atoms with Crippen molar-refractivity contribution in [3.63, 3.8) is 0 Å². The van der Waals surface area contributed by atoms with E-state index in [2.05, 4.69) is 0 Å². The van der Waals surface area contributed by atoms with Crippen LogP contribution in [0.3, 0.4) is 0 Å². The summed E-state index contributed by atoms with van der Waals surface area (Å²) in [5.74, 6) is -1.14. The van der Waals surface area contributed by atoms with Gasteiger partial charge in [0.15, 0.2) is 0 Å². The normalized spacial score (nSPS) is 13.8. The number of hydrogen-bond donors (Lipinski definition) is 1. The van der Waals surface area contributed by atoms with Crippen molar-refractivity contribution in [2.45, 2.75) is 30.0 Å². The average molecular weight is 280 g/mol. The summed E-state index contributed by atoms with van der Waals surface area (Å²) in [4.78, 5) is 10.8. The molecule has 0 fully saturated rings. The highest BCUT2D eigenvalue weighted by Crippen LogP contribution is 2.39. The highest BCUT2D eigenvalue weighted by molar-refractivity contribution is 6.73. The van der Waals surface area contributed by atoms with Gasteiger partial charge in [-0.2, -0.15) is 0 Å². The molecule has 0 heterocycles. The van der Waals surface area contributed by atoms with E-state index in [9.17, 15) is 4.79 Å². The van der Waals surface area contributed by atoms with Crippen molar-refractivity contribution in [3.05, 3.63) is 10.6 Å². The SMILES string of the molecule is CCCCC(C(=O)O)=C(Cl)C(Cl)(Cl)Cl. The summed E-state index contributed by atoms with van der Waals surface area (Å²) in [6.07, 6.45) is 1.85. The second-order valence-electron chi connectivity index (χ2n) is 2.70. The Morgan fingerprint density at radius 2 is 1.86 bits per heavy atom. The largest absolute Gasteiger partial charge is 0.478 e. The smallest absolute Gasteiger partial charge is 0.332 e. The Morgan fingerprint density at radius 3 is 2.14 bits per heavy atom. The van der Waals surface area contributed by atoms with Gasteiger partial charge in [-0.1, -0.05) is 59.7 Å². The van der Waals surface area contributed by atoms with Gasteiger partial charge in [0.1, 0.15) is 0 Å². The third-order valence-electron chi connectivity index (χ3n) is 1.55. The van der Waals surface area contributed by atoms with E-state index in [4.69, 9.17) is 51.5 Å². The molecular formula is C8H10Cl4O2. The first-order valence-electron chi connectivity index (χ1n) is 3.99. The molecule has 6 heteroatoms. The summed E-state index contributed by atoms with van der Waals surface area (Å²) in [7, 11) is 0. The Hall–Kier alpha value is 0.370. The Kier molecular flexibility index (Phi) is 6.22. The van der Waals surface area contributed by atoms with Crippen LogP contribution in [-0.4, -0.2) is 14.9 Å². The monoisotopic (exact) mass is 278 g/mol. The van der Waals surface area contributed by atoms with Crippen molar-refractivity contribution in [1.29, 1.82) is 0 Å². The molecule has 2 nitrogen and oxygen atoms in total. The number of unbranched alkanes of at least 4 members (excludes halogenated alkanes) is 1. The van der Waals surface area contributed by atoms with Crippen molar-refractivity contribution >= 4 is 52.4 Å². The molecule has 0 amide bonds. The number of carboxylic acids is 1. The number of rotatable bonds is 4. The van der Waals surface area contributed by atoms with Crippen molar-refractivity contribution in [2.24, 2.45) is 0 Å². The predicted octanol–water partition coefficient (Wildman–Crippen LogP) is 4.12. The van der Waals surface area contributed by atoms with E-state index in [0.717, 1.165) is 6.42 Å². The summed E-state index contributed by atoms with van der Waals surface area (Å²) in [5.41, 5.74) is -0.0338. The van der Waals surface area contributed by atoms with Gasteiger partial charge in [0.2, 0.25) is 3.79 Å². The lowest BCUT2D eigenvalue weighted by atomic mass is 10.1. The Morgan fingerprint density at radius 1 is 1.36 bits per heavy atom. The molecule has 0 bridgehead atoms. The third kappa shape index (κ3) is 4.74. The second kappa shape index (κ2) is 6.06. The quantitative estimate of drug-likeness (QED) is 0.621. The molecule has 0 unspecified atom stereocenters. The van der Waals surface area contributed by atoms with E-state index in [-0.39, 0.29) is 10.6 Å². The van der Waals surface area contributed by atoms with Crippen LogP contribution in [0.1, 0.15) is 26.2 Å². The van der Waals surface area contributed by atoms with Crippen molar-refractivity contribution in [3.8, 4) is 0 Å². The number of halogens is 4. The molecule has 0 aromatic heterocycles. The zero-order valence-electron chi connectivity index (χ0n) is 7.49. The van der Waals surface area contributed by atoms with Gasteiger partial charge in [-0.15, -0.1) is 0 Å². The molecule has 0 aromatic rings. The van der Waals surface area contributed by atoms with Crippen LogP contribution in [-0.2, 0) is 4.79 Å². The molecule has 0 aliphatic rings. The number of carboxylic acid groups (broad SMARTS) is 1. The molecule has 0 rings (SSSR count). The molecule has 1 N–H and O–H groups in total. The van der Waals surface area contributed by atoms with E-state index in [0.29, 0.717) is 12.8 Å². The molecule has 0 radical (unpaired) electrons. The maximum absolute atomic E-state index is 10.8. The van der Waals surface area contributed by atoms with Gasteiger partial charge in [0.05, 0.1) is 10.6 Å². The lowest BCUT2D eigenvalue weighted by Crippen LogP contribution is -2.11. The van der Waals surface area contributed by atoms with Gasteiger partial charge in [-0.3, -0.25) is 0 Å². The molecule has 0 saturated carbocycles. The van der Waals surface area contributed by atoms with Crippen LogP contribution in [0.2, 0.25) is 0 Å². The lowest BCUT2D eigenvalue weighted by Gasteiger charge is -2.13. The molecule has 0 aliphatic heterocycles. The van der Waals surface area contributed by atoms with Gasteiger partial charge >= 0.3 is 5.97 Å². The lowest BCUT2D eigenvalue weighted by molar-refractivity contribution is -0.132. The molecule has 82 valence electrons. The van der Waals surface area contributed by atoms with Crippen LogP contribution in [0, 0.1) is 0 Å². The molecule has 0 atom stereocenters. The maximum Gasteiger partial charge on any atom is 0.332 e. The van der Waals surface area contributed by atoms with Crippen LogP contribution in [0.25, 0.3) is 0 Å². The van der Waals surface area contributed by atoms with E-state index in [1.165, 1.54) is 0 Å². The Balaban J connectivity index is 4.87. The van der Waals surface area contributed by atoms with E-state index in [1.807, 2.05) is 6.92 Å². The van der Waals surface area contributed by atoms with Crippen molar-refractivity contribution < 1.29 is 9.90 Å². The van der Waals surface area contributed by atoms with Crippen molar-refractivity contribution in [2.75, 3.05) is 0 Å².